The topological polar surface area (TPSA) is 67.6 Å². The summed E-state index contributed by atoms with van der Waals surface area (Å²) in [6.45, 7) is 5.72. The Labute approximate surface area is 171 Å². The number of hydrogen-bond acceptors (Lipinski definition) is 4. The summed E-state index contributed by atoms with van der Waals surface area (Å²) in [7, 11) is 0. The number of amides is 1. The zero-order valence-corrected chi connectivity index (χ0v) is 17.6. The molecule has 1 saturated heterocycles. The predicted octanol–water partition coefficient (Wildman–Crippen LogP) is 2.75. The van der Waals surface area contributed by atoms with E-state index in [1.807, 2.05) is 0 Å². The van der Waals surface area contributed by atoms with Crippen LogP contribution in [0.2, 0.25) is 0 Å². The Morgan fingerprint density at radius 1 is 1.08 bits per heavy atom. The first-order valence-electron chi connectivity index (χ1n) is 9.99. The van der Waals surface area contributed by atoms with Gasteiger partial charge in [0.1, 0.15) is 0 Å². The van der Waals surface area contributed by atoms with Crippen LogP contribution in [0.5, 0.6) is 0 Å². The van der Waals surface area contributed by atoms with Gasteiger partial charge < -0.3 is 15.8 Å². The van der Waals surface area contributed by atoms with Crippen molar-refractivity contribution in [2.24, 2.45) is 17.1 Å². The lowest BCUT2D eigenvalue weighted by Gasteiger charge is -2.42. The van der Waals surface area contributed by atoms with Gasteiger partial charge in [0.25, 0.3) is 0 Å². The molecule has 3 aliphatic rings. The fourth-order valence-electron chi connectivity index (χ4n) is 4.84. The van der Waals surface area contributed by atoms with E-state index in [0.29, 0.717) is 12.3 Å². The molecule has 2 aliphatic carbocycles. The quantitative estimate of drug-likeness (QED) is 0.707. The van der Waals surface area contributed by atoms with Crippen LogP contribution in [0.4, 0.5) is 0 Å². The fourth-order valence-corrected chi connectivity index (χ4v) is 4.84. The second kappa shape index (κ2) is 11.7. The molecule has 154 valence electrons. The number of hydrogen-bond donors (Lipinski definition) is 2. The lowest BCUT2D eigenvalue weighted by atomic mass is 9.73. The number of nitrogens with one attached hydrogen (secondary N) is 1. The SMILES string of the molecule is Cl.Cl.N[C@@H]1CCC[C@H]1CC(=O)NCC1(CN2CCOCC2)CCCCC1. The summed E-state index contributed by atoms with van der Waals surface area (Å²) in [6.07, 6.45) is 10.4. The smallest absolute Gasteiger partial charge is 0.220 e. The molecule has 5 nitrogen and oxygen atoms in total. The van der Waals surface area contributed by atoms with Gasteiger partial charge in [0.05, 0.1) is 13.2 Å². The molecule has 0 unspecified atom stereocenters. The van der Waals surface area contributed by atoms with Crippen molar-refractivity contribution in [3.63, 3.8) is 0 Å². The number of carbonyl (C=O) groups is 1. The maximum atomic E-state index is 12.4. The lowest BCUT2D eigenvalue weighted by Crippen LogP contribution is -2.49. The minimum absolute atomic E-state index is 0. The van der Waals surface area contributed by atoms with Crippen molar-refractivity contribution in [3.8, 4) is 0 Å². The van der Waals surface area contributed by atoms with Crippen molar-refractivity contribution < 1.29 is 9.53 Å². The first-order chi connectivity index (χ1) is 11.7. The highest BCUT2D eigenvalue weighted by atomic mass is 35.5. The molecular formula is C19H37Cl2N3O2. The summed E-state index contributed by atoms with van der Waals surface area (Å²) in [6, 6.07) is 0.229. The van der Waals surface area contributed by atoms with Crippen LogP contribution in [-0.2, 0) is 9.53 Å². The lowest BCUT2D eigenvalue weighted by molar-refractivity contribution is -0.123. The van der Waals surface area contributed by atoms with E-state index in [1.54, 1.807) is 0 Å². The van der Waals surface area contributed by atoms with Crippen molar-refractivity contribution >= 4 is 30.7 Å². The van der Waals surface area contributed by atoms with Gasteiger partial charge in [-0.2, -0.15) is 0 Å². The molecule has 3 rings (SSSR count). The van der Waals surface area contributed by atoms with Crippen molar-refractivity contribution in [2.75, 3.05) is 39.4 Å². The zero-order chi connectivity index (χ0) is 16.8. The number of halogens is 2. The second-order valence-electron chi connectivity index (χ2n) is 8.28. The fraction of sp³-hybridized carbons (Fsp3) is 0.947. The predicted molar refractivity (Wildman–Crippen MR) is 110 cm³/mol. The summed E-state index contributed by atoms with van der Waals surface area (Å²) in [4.78, 5) is 15.0. The third kappa shape index (κ3) is 6.83. The average molecular weight is 410 g/mol. The highest BCUT2D eigenvalue weighted by Gasteiger charge is 2.35. The molecule has 0 spiro atoms. The van der Waals surface area contributed by atoms with Gasteiger partial charge in [0, 0.05) is 44.1 Å². The van der Waals surface area contributed by atoms with Crippen LogP contribution in [0.1, 0.15) is 57.8 Å². The van der Waals surface area contributed by atoms with E-state index in [9.17, 15) is 4.79 Å². The van der Waals surface area contributed by atoms with E-state index >= 15 is 0 Å². The number of ether oxygens (including phenoxy) is 1. The van der Waals surface area contributed by atoms with Crippen molar-refractivity contribution in [3.05, 3.63) is 0 Å². The van der Waals surface area contributed by atoms with Crippen molar-refractivity contribution in [1.29, 1.82) is 0 Å². The molecule has 26 heavy (non-hydrogen) atoms. The number of nitrogens with zero attached hydrogens (tertiary/aromatic N) is 1. The van der Waals surface area contributed by atoms with Crippen LogP contribution in [0, 0.1) is 11.3 Å². The molecule has 3 fully saturated rings. The summed E-state index contributed by atoms with van der Waals surface area (Å²) in [5.74, 6) is 0.607. The average Bonchev–Trinajstić information content (AvgIpc) is 3.00. The highest BCUT2D eigenvalue weighted by Crippen LogP contribution is 2.37. The Kier molecular flexibility index (Phi) is 10.8. The molecule has 1 amide bonds. The van der Waals surface area contributed by atoms with Gasteiger partial charge in [-0.1, -0.05) is 25.7 Å². The molecule has 1 heterocycles. The molecule has 0 bridgehead atoms. The number of nitrogens with two attached hydrogens (primary N) is 1. The Morgan fingerprint density at radius 2 is 1.77 bits per heavy atom. The maximum absolute atomic E-state index is 12.4. The number of rotatable bonds is 6. The monoisotopic (exact) mass is 409 g/mol. The van der Waals surface area contributed by atoms with Crippen molar-refractivity contribution in [2.45, 2.75) is 63.8 Å². The molecule has 7 heteroatoms. The first-order valence-corrected chi connectivity index (χ1v) is 9.99. The second-order valence-corrected chi connectivity index (χ2v) is 8.28. The molecule has 0 radical (unpaired) electrons. The molecule has 3 N–H and O–H groups in total. The number of carbonyl (C=O) groups excluding carboxylic acids is 1. The summed E-state index contributed by atoms with van der Waals surface area (Å²) >= 11 is 0. The van der Waals surface area contributed by atoms with Gasteiger partial charge in [0.15, 0.2) is 0 Å². The summed E-state index contributed by atoms with van der Waals surface area (Å²) in [5.41, 5.74) is 6.38. The summed E-state index contributed by atoms with van der Waals surface area (Å²) in [5, 5.41) is 3.28. The van der Waals surface area contributed by atoms with Crippen molar-refractivity contribution in [1.82, 2.24) is 10.2 Å². The van der Waals surface area contributed by atoms with Gasteiger partial charge in [-0.15, -0.1) is 24.8 Å². The Hall–Kier alpha value is -0.0700. The maximum Gasteiger partial charge on any atom is 0.220 e. The van der Waals surface area contributed by atoms with Gasteiger partial charge >= 0.3 is 0 Å². The van der Waals surface area contributed by atoms with E-state index in [2.05, 4.69) is 10.2 Å². The van der Waals surface area contributed by atoms with Crippen LogP contribution < -0.4 is 11.1 Å². The molecule has 0 aromatic carbocycles. The van der Waals surface area contributed by atoms with Crippen LogP contribution in [0.15, 0.2) is 0 Å². The van der Waals surface area contributed by atoms with Crippen LogP contribution in [-0.4, -0.2) is 56.2 Å². The first kappa shape index (κ1) is 24.0. The molecule has 2 saturated carbocycles. The molecule has 2 atom stereocenters. The van der Waals surface area contributed by atoms with Gasteiger partial charge in [-0.3, -0.25) is 9.69 Å². The van der Waals surface area contributed by atoms with Gasteiger partial charge in [-0.05, 0) is 31.6 Å². The summed E-state index contributed by atoms with van der Waals surface area (Å²) < 4.78 is 5.48. The molecular weight excluding hydrogens is 373 g/mol. The molecule has 0 aromatic heterocycles. The Morgan fingerprint density at radius 3 is 2.38 bits per heavy atom. The third-order valence-corrected chi connectivity index (χ3v) is 6.40. The normalized spacial score (nSPS) is 28.7. The van der Waals surface area contributed by atoms with Gasteiger partial charge in [-0.25, -0.2) is 0 Å². The minimum atomic E-state index is 0. The van der Waals surface area contributed by atoms with E-state index < -0.39 is 0 Å². The molecule has 0 aromatic rings. The third-order valence-electron chi connectivity index (χ3n) is 6.40. The van der Waals surface area contributed by atoms with E-state index in [-0.39, 0.29) is 42.2 Å². The van der Waals surface area contributed by atoms with Crippen LogP contribution in [0.3, 0.4) is 0 Å². The number of morpholine rings is 1. The minimum Gasteiger partial charge on any atom is -0.379 e. The Balaban J connectivity index is 0.00000169. The molecule has 1 aliphatic heterocycles. The largest absolute Gasteiger partial charge is 0.379 e. The van der Waals surface area contributed by atoms with Gasteiger partial charge in [0.2, 0.25) is 5.91 Å². The van der Waals surface area contributed by atoms with E-state index in [4.69, 9.17) is 10.5 Å². The van der Waals surface area contributed by atoms with E-state index in [0.717, 1.165) is 52.2 Å². The van der Waals surface area contributed by atoms with E-state index in [1.165, 1.54) is 38.5 Å². The zero-order valence-electron chi connectivity index (χ0n) is 15.9. The highest BCUT2D eigenvalue weighted by molar-refractivity contribution is 5.85. The standard InChI is InChI=1S/C19H35N3O2.2ClH/c20-17-6-4-5-16(17)13-18(23)21-14-19(7-2-1-3-8-19)15-22-9-11-24-12-10-22;;/h16-17H,1-15,20H2,(H,21,23);2*1H/t16-,17+;;/m0../s1. The van der Waals surface area contributed by atoms with Crippen LogP contribution >= 0.6 is 24.8 Å². The van der Waals surface area contributed by atoms with Crippen LogP contribution in [0.25, 0.3) is 0 Å². The Bertz CT molecular complexity index is 414.